The fourth-order valence-corrected chi connectivity index (χ4v) is 2.22. The summed E-state index contributed by atoms with van der Waals surface area (Å²) in [6, 6.07) is 9.77. The van der Waals surface area contributed by atoms with E-state index < -0.39 is 5.54 Å². The molecule has 1 aromatic carbocycles. The molecular formula is C15H24N2O2. The van der Waals surface area contributed by atoms with Gasteiger partial charge in [0.15, 0.2) is 0 Å². The van der Waals surface area contributed by atoms with Gasteiger partial charge < -0.3 is 9.64 Å². The van der Waals surface area contributed by atoms with Crippen molar-refractivity contribution in [3.8, 4) is 0 Å². The summed E-state index contributed by atoms with van der Waals surface area (Å²) >= 11 is 0. The highest BCUT2D eigenvalue weighted by molar-refractivity contribution is 5.82. The first-order valence-corrected chi connectivity index (χ1v) is 6.60. The van der Waals surface area contributed by atoms with Crippen LogP contribution >= 0.6 is 0 Å². The van der Waals surface area contributed by atoms with Crippen LogP contribution < -0.4 is 5.32 Å². The molecule has 1 aromatic rings. The quantitative estimate of drug-likeness (QED) is 0.760. The van der Waals surface area contributed by atoms with Crippen LogP contribution in [0.3, 0.4) is 0 Å². The van der Waals surface area contributed by atoms with Gasteiger partial charge in [0, 0.05) is 6.54 Å². The van der Waals surface area contributed by atoms with Gasteiger partial charge in [-0.15, -0.1) is 0 Å². The largest absolute Gasteiger partial charge is 0.467 e. The number of hydrogen-bond donors (Lipinski definition) is 1. The fraction of sp³-hybridized carbons (Fsp3) is 0.533. The molecule has 0 aliphatic carbocycles. The number of hydrogen-bond acceptors (Lipinski definition) is 4. The molecule has 0 amide bonds. The van der Waals surface area contributed by atoms with Crippen LogP contribution in [0.1, 0.15) is 18.9 Å². The maximum absolute atomic E-state index is 12.3. The first-order chi connectivity index (χ1) is 9.06. The summed E-state index contributed by atoms with van der Waals surface area (Å²) in [4.78, 5) is 14.4. The first-order valence-electron chi connectivity index (χ1n) is 6.60. The van der Waals surface area contributed by atoms with Gasteiger partial charge in [-0.25, -0.2) is 4.79 Å². The van der Waals surface area contributed by atoms with Gasteiger partial charge in [-0.1, -0.05) is 37.3 Å². The Morgan fingerprint density at radius 1 is 1.32 bits per heavy atom. The van der Waals surface area contributed by atoms with Gasteiger partial charge in [-0.2, -0.15) is 0 Å². The molecule has 19 heavy (non-hydrogen) atoms. The molecular weight excluding hydrogens is 240 g/mol. The molecule has 0 fully saturated rings. The average Bonchev–Trinajstić information content (AvgIpc) is 2.43. The molecule has 0 saturated carbocycles. The van der Waals surface area contributed by atoms with E-state index in [4.69, 9.17) is 4.74 Å². The number of nitrogens with one attached hydrogen (secondary N) is 1. The van der Waals surface area contributed by atoms with E-state index in [2.05, 4.69) is 10.2 Å². The Bertz CT molecular complexity index is 392. The zero-order valence-electron chi connectivity index (χ0n) is 12.3. The van der Waals surface area contributed by atoms with Crippen molar-refractivity contribution in [2.75, 3.05) is 34.3 Å². The number of likely N-dealkylation sites (N-methyl/N-ethyl adjacent to an activating group) is 1. The third-order valence-corrected chi connectivity index (χ3v) is 3.21. The average molecular weight is 264 g/mol. The molecule has 0 radical (unpaired) electrons. The number of benzene rings is 1. The lowest BCUT2D eigenvalue weighted by molar-refractivity contribution is -0.149. The molecule has 1 rings (SSSR count). The Labute approximate surface area is 115 Å². The number of esters is 1. The molecule has 0 aliphatic heterocycles. The monoisotopic (exact) mass is 264 g/mol. The summed E-state index contributed by atoms with van der Waals surface area (Å²) in [7, 11) is 5.44. The maximum atomic E-state index is 12.3. The van der Waals surface area contributed by atoms with Crippen molar-refractivity contribution in [2.45, 2.75) is 18.9 Å². The number of ether oxygens (including phenoxy) is 1. The van der Waals surface area contributed by atoms with Crippen LogP contribution in [-0.4, -0.2) is 45.2 Å². The highest BCUT2D eigenvalue weighted by Gasteiger charge is 2.40. The van der Waals surface area contributed by atoms with Crippen LogP contribution in [0.5, 0.6) is 0 Å². The SMILES string of the molecule is CCNC(CCN(C)C)(C(=O)OC)c1ccccc1. The Kier molecular flexibility index (Phi) is 5.99. The number of rotatable bonds is 7. The van der Waals surface area contributed by atoms with Gasteiger partial charge >= 0.3 is 5.97 Å². The van der Waals surface area contributed by atoms with E-state index in [1.807, 2.05) is 51.4 Å². The van der Waals surface area contributed by atoms with Crippen molar-refractivity contribution in [1.29, 1.82) is 0 Å². The molecule has 0 aromatic heterocycles. The molecule has 106 valence electrons. The molecule has 0 bridgehead atoms. The Hall–Kier alpha value is -1.39. The summed E-state index contributed by atoms with van der Waals surface area (Å²) < 4.78 is 5.04. The molecule has 0 spiro atoms. The van der Waals surface area contributed by atoms with Gasteiger partial charge in [0.25, 0.3) is 0 Å². The van der Waals surface area contributed by atoms with Crippen LogP contribution in [0.2, 0.25) is 0 Å². The number of methoxy groups -OCH3 is 1. The summed E-state index contributed by atoms with van der Waals surface area (Å²) in [6.07, 6.45) is 0.671. The van der Waals surface area contributed by atoms with Gasteiger partial charge in [-0.05, 0) is 32.6 Å². The van der Waals surface area contributed by atoms with E-state index >= 15 is 0 Å². The van der Waals surface area contributed by atoms with Crippen LogP contribution in [-0.2, 0) is 15.1 Å². The highest BCUT2D eigenvalue weighted by atomic mass is 16.5. The fourth-order valence-electron chi connectivity index (χ4n) is 2.22. The van der Waals surface area contributed by atoms with Gasteiger partial charge in [0.1, 0.15) is 5.54 Å². The highest BCUT2D eigenvalue weighted by Crippen LogP contribution is 2.27. The lowest BCUT2D eigenvalue weighted by Gasteiger charge is -2.33. The molecule has 4 heteroatoms. The minimum Gasteiger partial charge on any atom is -0.467 e. The van der Waals surface area contributed by atoms with Gasteiger partial charge in [0.2, 0.25) is 0 Å². The molecule has 1 N–H and O–H groups in total. The predicted molar refractivity (Wildman–Crippen MR) is 77.0 cm³/mol. The lowest BCUT2D eigenvalue weighted by Crippen LogP contribution is -2.51. The molecule has 0 heterocycles. The third kappa shape index (κ3) is 3.78. The Balaban J connectivity index is 3.15. The molecule has 0 saturated heterocycles. The van der Waals surface area contributed by atoms with Crippen molar-refractivity contribution in [1.82, 2.24) is 10.2 Å². The van der Waals surface area contributed by atoms with Crippen molar-refractivity contribution in [3.63, 3.8) is 0 Å². The zero-order valence-corrected chi connectivity index (χ0v) is 12.3. The van der Waals surface area contributed by atoms with Crippen molar-refractivity contribution < 1.29 is 9.53 Å². The van der Waals surface area contributed by atoms with E-state index in [9.17, 15) is 4.79 Å². The Morgan fingerprint density at radius 2 is 1.95 bits per heavy atom. The molecule has 1 atom stereocenters. The lowest BCUT2D eigenvalue weighted by atomic mass is 9.86. The van der Waals surface area contributed by atoms with Crippen molar-refractivity contribution >= 4 is 5.97 Å². The first kappa shape index (κ1) is 15.7. The second-order valence-corrected chi connectivity index (χ2v) is 4.85. The van der Waals surface area contributed by atoms with Crippen LogP contribution in [0.25, 0.3) is 0 Å². The van der Waals surface area contributed by atoms with Gasteiger partial charge in [-0.3, -0.25) is 5.32 Å². The number of carbonyl (C=O) groups excluding carboxylic acids is 1. The van der Waals surface area contributed by atoms with E-state index in [1.54, 1.807) is 0 Å². The minimum absolute atomic E-state index is 0.234. The Morgan fingerprint density at radius 3 is 2.42 bits per heavy atom. The smallest absolute Gasteiger partial charge is 0.330 e. The summed E-state index contributed by atoms with van der Waals surface area (Å²) in [5.74, 6) is -0.234. The zero-order chi connectivity index (χ0) is 14.3. The summed E-state index contributed by atoms with van der Waals surface area (Å²) in [5.41, 5.74) is 0.181. The second-order valence-electron chi connectivity index (χ2n) is 4.85. The third-order valence-electron chi connectivity index (χ3n) is 3.21. The van der Waals surface area contributed by atoms with Gasteiger partial charge in [0.05, 0.1) is 7.11 Å². The molecule has 0 aliphatic rings. The number of nitrogens with zero attached hydrogens (tertiary/aromatic N) is 1. The topological polar surface area (TPSA) is 41.6 Å². The van der Waals surface area contributed by atoms with Crippen molar-refractivity contribution in [3.05, 3.63) is 35.9 Å². The van der Waals surface area contributed by atoms with Crippen LogP contribution in [0.4, 0.5) is 0 Å². The van der Waals surface area contributed by atoms with Crippen molar-refractivity contribution in [2.24, 2.45) is 0 Å². The van der Waals surface area contributed by atoms with E-state index in [0.717, 1.165) is 12.1 Å². The molecule has 1 unspecified atom stereocenters. The normalized spacial score (nSPS) is 14.2. The second kappa shape index (κ2) is 7.26. The van der Waals surface area contributed by atoms with Crippen LogP contribution in [0.15, 0.2) is 30.3 Å². The van der Waals surface area contributed by atoms with E-state index in [-0.39, 0.29) is 5.97 Å². The number of carbonyl (C=O) groups is 1. The van der Waals surface area contributed by atoms with E-state index in [1.165, 1.54) is 7.11 Å². The molecule has 4 nitrogen and oxygen atoms in total. The van der Waals surface area contributed by atoms with E-state index in [0.29, 0.717) is 13.0 Å². The predicted octanol–water partition coefficient (Wildman–Crippen LogP) is 1.62. The minimum atomic E-state index is -0.769. The maximum Gasteiger partial charge on any atom is 0.330 e. The standard InChI is InChI=1S/C15H24N2O2/c1-5-16-15(14(18)19-4,11-12-17(2)3)13-9-7-6-8-10-13/h6-10,16H,5,11-12H2,1-4H3. The van der Waals surface area contributed by atoms with Crippen LogP contribution in [0, 0.1) is 0 Å². The summed E-state index contributed by atoms with van der Waals surface area (Å²) in [5, 5.41) is 3.32. The summed E-state index contributed by atoms with van der Waals surface area (Å²) in [6.45, 7) is 3.50.